The number of benzene rings is 2. The number of nitrogens with two attached hydrogens (primary N) is 1. The highest BCUT2D eigenvalue weighted by Gasteiger charge is 2.36. The van der Waals surface area contributed by atoms with Crippen molar-refractivity contribution in [2.24, 2.45) is 5.73 Å². The van der Waals surface area contributed by atoms with Gasteiger partial charge in [0.15, 0.2) is 0 Å². The summed E-state index contributed by atoms with van der Waals surface area (Å²) in [4.78, 5) is 46.1. The fourth-order valence-electron chi connectivity index (χ4n) is 6.81. The van der Waals surface area contributed by atoms with Crippen molar-refractivity contribution in [2.45, 2.75) is 89.6 Å². The Hall–Kier alpha value is -4.09. The zero-order chi connectivity index (χ0) is 33.3. The summed E-state index contributed by atoms with van der Waals surface area (Å²) in [6.45, 7) is 9.02. The van der Waals surface area contributed by atoms with Gasteiger partial charge in [0.25, 0.3) is 5.91 Å². The molecule has 11 heteroatoms. The van der Waals surface area contributed by atoms with Crippen molar-refractivity contribution in [1.82, 2.24) is 14.8 Å². The molecule has 1 aromatic heterocycles. The standard InChI is InChI=1S/C36H43FN4O6/c1-36(2,3)47-32(42)9-8-31(34(38)43)41-20-25-18-26(5-6-28(25)35(41)44)46-27-10-13-40(21-27)19-22-16-24-4-7-30(23-11-14-45-15-12-23)39-33(24)29(37)17-22/h4-7,16-18,23,27,31H,8-15,19-21H2,1-3H3,(H2,38,43)/t27-,31-/m0/s1. The zero-order valence-corrected chi connectivity index (χ0v) is 27.3. The summed E-state index contributed by atoms with van der Waals surface area (Å²) in [5, 5.41) is 0.799. The largest absolute Gasteiger partial charge is 0.489 e. The number of primary amides is 1. The van der Waals surface area contributed by atoms with E-state index in [1.165, 1.54) is 4.90 Å². The number of carbonyl (C=O) groups is 3. The number of amides is 2. The topological polar surface area (TPSA) is 124 Å². The minimum Gasteiger partial charge on any atom is -0.489 e. The molecule has 4 heterocycles. The van der Waals surface area contributed by atoms with Gasteiger partial charge in [-0.25, -0.2) is 9.37 Å². The molecule has 0 spiro atoms. The highest BCUT2D eigenvalue weighted by Crippen LogP contribution is 2.32. The summed E-state index contributed by atoms with van der Waals surface area (Å²) >= 11 is 0. The Morgan fingerprint density at radius 3 is 2.64 bits per heavy atom. The van der Waals surface area contributed by atoms with Crippen molar-refractivity contribution in [1.29, 1.82) is 0 Å². The maximum atomic E-state index is 15.2. The van der Waals surface area contributed by atoms with Gasteiger partial charge in [-0.15, -0.1) is 0 Å². The number of hydrogen-bond acceptors (Lipinski definition) is 8. The second-order valence-corrected chi connectivity index (χ2v) is 13.8. The summed E-state index contributed by atoms with van der Waals surface area (Å²) in [5.74, 6) is -0.775. The van der Waals surface area contributed by atoms with Gasteiger partial charge in [-0.1, -0.05) is 6.07 Å². The number of aromatic nitrogens is 1. The van der Waals surface area contributed by atoms with Gasteiger partial charge in [0.1, 0.15) is 34.8 Å². The van der Waals surface area contributed by atoms with Gasteiger partial charge in [-0.2, -0.15) is 0 Å². The zero-order valence-electron chi connectivity index (χ0n) is 27.3. The predicted octanol–water partition coefficient (Wildman–Crippen LogP) is 4.85. The van der Waals surface area contributed by atoms with E-state index in [1.54, 1.807) is 39.0 Å². The molecule has 0 bridgehead atoms. The number of rotatable bonds is 10. The Morgan fingerprint density at radius 1 is 1.11 bits per heavy atom. The van der Waals surface area contributed by atoms with Crippen molar-refractivity contribution in [3.8, 4) is 5.75 Å². The Morgan fingerprint density at radius 2 is 1.89 bits per heavy atom. The first kappa shape index (κ1) is 32.8. The third-order valence-corrected chi connectivity index (χ3v) is 9.06. The number of ether oxygens (including phenoxy) is 3. The summed E-state index contributed by atoms with van der Waals surface area (Å²) in [5.41, 5.74) is 8.49. The summed E-state index contributed by atoms with van der Waals surface area (Å²) in [6.07, 6.45) is 2.61. The molecule has 0 unspecified atom stereocenters. The van der Waals surface area contributed by atoms with Crippen LogP contribution in [0.3, 0.4) is 0 Å². The van der Waals surface area contributed by atoms with Crippen LogP contribution in [-0.2, 0) is 32.2 Å². The first-order valence-corrected chi connectivity index (χ1v) is 16.4. The normalized spacial score (nSPS) is 19.6. The molecule has 10 nitrogen and oxygen atoms in total. The lowest BCUT2D eigenvalue weighted by molar-refractivity contribution is -0.155. The minimum atomic E-state index is -0.931. The highest BCUT2D eigenvalue weighted by molar-refractivity contribution is 6.01. The number of hydrogen-bond donors (Lipinski definition) is 1. The fourth-order valence-corrected chi connectivity index (χ4v) is 6.81. The summed E-state index contributed by atoms with van der Waals surface area (Å²) < 4.78 is 32.4. The Kier molecular flexibility index (Phi) is 9.48. The van der Waals surface area contributed by atoms with Crippen LogP contribution >= 0.6 is 0 Å². The van der Waals surface area contributed by atoms with E-state index in [9.17, 15) is 14.4 Å². The molecule has 2 amide bonds. The maximum absolute atomic E-state index is 15.2. The molecular weight excluding hydrogens is 603 g/mol. The van der Waals surface area contributed by atoms with Crippen molar-refractivity contribution >= 4 is 28.7 Å². The third kappa shape index (κ3) is 7.73. The molecule has 3 aliphatic heterocycles. The van der Waals surface area contributed by atoms with Gasteiger partial charge in [0.05, 0.1) is 0 Å². The van der Waals surface area contributed by atoms with E-state index in [0.717, 1.165) is 48.0 Å². The van der Waals surface area contributed by atoms with Crippen LogP contribution in [0.25, 0.3) is 10.9 Å². The van der Waals surface area contributed by atoms with Crippen LogP contribution in [0.2, 0.25) is 0 Å². The third-order valence-electron chi connectivity index (χ3n) is 9.06. The molecule has 3 aliphatic rings. The lowest BCUT2D eigenvalue weighted by Crippen LogP contribution is -2.45. The molecule has 2 fully saturated rings. The van der Waals surface area contributed by atoms with Crippen molar-refractivity contribution in [3.63, 3.8) is 0 Å². The fraction of sp³-hybridized carbons (Fsp3) is 0.500. The monoisotopic (exact) mass is 646 g/mol. The van der Waals surface area contributed by atoms with Crippen LogP contribution in [0.5, 0.6) is 5.75 Å². The van der Waals surface area contributed by atoms with Gasteiger partial charge in [-0.05, 0) is 94.0 Å². The molecule has 6 rings (SSSR count). The lowest BCUT2D eigenvalue weighted by atomic mass is 9.95. The number of likely N-dealkylation sites (tertiary alicyclic amines) is 1. The summed E-state index contributed by atoms with van der Waals surface area (Å²) in [7, 11) is 0. The highest BCUT2D eigenvalue weighted by atomic mass is 19.1. The summed E-state index contributed by atoms with van der Waals surface area (Å²) in [6, 6.07) is 12.0. The van der Waals surface area contributed by atoms with Crippen molar-refractivity contribution in [3.05, 3.63) is 70.7 Å². The van der Waals surface area contributed by atoms with E-state index in [1.807, 2.05) is 24.3 Å². The molecule has 2 N–H and O–H groups in total. The molecule has 2 aromatic carbocycles. The second-order valence-electron chi connectivity index (χ2n) is 13.8. The average Bonchev–Trinajstić information content (AvgIpc) is 3.59. The Labute approximate surface area is 274 Å². The van der Waals surface area contributed by atoms with Crippen LogP contribution in [-0.4, -0.2) is 76.6 Å². The maximum Gasteiger partial charge on any atom is 0.306 e. The van der Waals surface area contributed by atoms with Gasteiger partial charge in [0.2, 0.25) is 5.91 Å². The van der Waals surface area contributed by atoms with Crippen LogP contribution < -0.4 is 10.5 Å². The van der Waals surface area contributed by atoms with Crippen LogP contribution in [0.1, 0.15) is 86.0 Å². The molecule has 2 atom stereocenters. The van der Waals surface area contributed by atoms with E-state index in [0.29, 0.717) is 49.1 Å². The van der Waals surface area contributed by atoms with E-state index in [4.69, 9.17) is 19.9 Å². The molecule has 3 aromatic rings. The molecule has 47 heavy (non-hydrogen) atoms. The van der Waals surface area contributed by atoms with E-state index in [-0.39, 0.29) is 37.2 Å². The minimum absolute atomic E-state index is 0.0299. The predicted molar refractivity (Wildman–Crippen MR) is 173 cm³/mol. The number of carbonyl (C=O) groups excluding carboxylic acids is 3. The molecular formula is C36H43FN4O6. The van der Waals surface area contributed by atoms with E-state index < -0.39 is 23.5 Å². The van der Waals surface area contributed by atoms with Gasteiger partial charge < -0.3 is 24.8 Å². The van der Waals surface area contributed by atoms with Crippen LogP contribution in [0.4, 0.5) is 4.39 Å². The van der Waals surface area contributed by atoms with E-state index >= 15 is 4.39 Å². The number of fused-ring (bicyclic) bond motifs is 2. The van der Waals surface area contributed by atoms with E-state index in [2.05, 4.69) is 9.88 Å². The Balaban J connectivity index is 1.05. The molecule has 2 saturated heterocycles. The van der Waals surface area contributed by atoms with Gasteiger partial charge in [-0.3, -0.25) is 19.3 Å². The molecule has 0 radical (unpaired) electrons. The first-order valence-electron chi connectivity index (χ1n) is 16.4. The van der Waals surface area contributed by atoms with Gasteiger partial charge >= 0.3 is 5.97 Å². The van der Waals surface area contributed by atoms with Crippen LogP contribution in [0, 0.1) is 5.82 Å². The lowest BCUT2D eigenvalue weighted by Gasteiger charge is -2.25. The van der Waals surface area contributed by atoms with Crippen molar-refractivity contribution < 1.29 is 33.0 Å². The number of nitrogens with zero attached hydrogens (tertiary/aromatic N) is 3. The molecule has 250 valence electrons. The number of halogens is 1. The first-order chi connectivity index (χ1) is 22.4. The number of esters is 1. The smallest absolute Gasteiger partial charge is 0.306 e. The molecule has 0 saturated carbocycles. The average molecular weight is 647 g/mol. The molecule has 0 aliphatic carbocycles. The SMILES string of the molecule is CC(C)(C)OC(=O)CC[C@@H](C(N)=O)N1Cc2cc(O[C@H]3CCN(Cc4cc(F)c5nc(C6CCOCC6)ccc5c4)C3)ccc2C1=O. The number of pyridine rings is 1. The van der Waals surface area contributed by atoms with Crippen molar-refractivity contribution in [2.75, 3.05) is 26.3 Å². The second kappa shape index (κ2) is 13.6. The quantitative estimate of drug-likeness (QED) is 0.310. The van der Waals surface area contributed by atoms with Crippen LogP contribution in [0.15, 0.2) is 42.5 Å². The Bertz CT molecular complexity index is 1670. The van der Waals surface area contributed by atoms with Gasteiger partial charge in [0, 0.05) is 68.4 Å².